The van der Waals surface area contributed by atoms with Gasteiger partial charge in [0.25, 0.3) is 0 Å². The first-order valence-corrected chi connectivity index (χ1v) is 6.72. The van der Waals surface area contributed by atoms with Gasteiger partial charge in [0, 0.05) is 5.92 Å². The molecular formula is C16H24O3. The van der Waals surface area contributed by atoms with E-state index >= 15 is 0 Å². The van der Waals surface area contributed by atoms with E-state index in [1.807, 2.05) is 43.3 Å². The zero-order chi connectivity index (χ0) is 14.1. The number of aliphatic hydroxyl groups is 2. The van der Waals surface area contributed by atoms with Crippen LogP contribution in [0.1, 0.15) is 25.8 Å². The van der Waals surface area contributed by atoms with Gasteiger partial charge in [-0.3, -0.25) is 0 Å². The zero-order valence-corrected chi connectivity index (χ0v) is 11.7. The van der Waals surface area contributed by atoms with Gasteiger partial charge in [-0.15, -0.1) is 0 Å². The Labute approximate surface area is 115 Å². The number of aliphatic hydroxyl groups excluding tert-OH is 2. The molecule has 2 N–H and O–H groups in total. The Morgan fingerprint density at radius 2 is 2.00 bits per heavy atom. The lowest BCUT2D eigenvalue weighted by Gasteiger charge is -2.18. The standard InChI is InChI=1S/C16H24O3/c1-13(16(11-17)14(2)18)7-6-10-19-12-15-8-4-3-5-9-15/h3-5,7-9,14,16-18H,6,10-12H2,1-2H3/b13-7+/t14-,16-/m1/s1. The maximum absolute atomic E-state index is 9.50. The summed E-state index contributed by atoms with van der Waals surface area (Å²) in [6.07, 6.45) is 2.30. The van der Waals surface area contributed by atoms with Crippen molar-refractivity contribution < 1.29 is 14.9 Å². The highest BCUT2D eigenvalue weighted by Gasteiger charge is 2.14. The van der Waals surface area contributed by atoms with Gasteiger partial charge in [-0.25, -0.2) is 0 Å². The van der Waals surface area contributed by atoms with E-state index < -0.39 is 6.10 Å². The third-order valence-corrected chi connectivity index (χ3v) is 3.20. The fourth-order valence-corrected chi connectivity index (χ4v) is 1.96. The quantitative estimate of drug-likeness (QED) is 0.560. The summed E-state index contributed by atoms with van der Waals surface area (Å²) in [6.45, 7) is 4.87. The molecule has 0 aliphatic rings. The lowest BCUT2D eigenvalue weighted by molar-refractivity contribution is 0.0992. The molecule has 0 saturated carbocycles. The number of ether oxygens (including phenoxy) is 1. The highest BCUT2D eigenvalue weighted by Crippen LogP contribution is 2.15. The Morgan fingerprint density at radius 3 is 2.58 bits per heavy atom. The van der Waals surface area contributed by atoms with Crippen LogP contribution in [0.2, 0.25) is 0 Å². The Kier molecular flexibility index (Phi) is 7.41. The molecule has 0 amide bonds. The van der Waals surface area contributed by atoms with E-state index in [0.717, 1.165) is 12.0 Å². The van der Waals surface area contributed by atoms with Crippen LogP contribution in [0.25, 0.3) is 0 Å². The van der Waals surface area contributed by atoms with Crippen LogP contribution in [-0.4, -0.2) is 29.5 Å². The monoisotopic (exact) mass is 264 g/mol. The lowest BCUT2D eigenvalue weighted by atomic mass is 9.95. The molecule has 1 aromatic carbocycles. The summed E-state index contributed by atoms with van der Waals surface area (Å²) in [6, 6.07) is 10.1. The van der Waals surface area contributed by atoms with Gasteiger partial charge in [-0.05, 0) is 25.8 Å². The minimum atomic E-state index is -0.522. The molecule has 0 saturated heterocycles. The van der Waals surface area contributed by atoms with Crippen LogP contribution in [0.4, 0.5) is 0 Å². The molecule has 0 bridgehead atoms. The fraction of sp³-hybridized carbons (Fsp3) is 0.500. The minimum absolute atomic E-state index is 0.0229. The van der Waals surface area contributed by atoms with Gasteiger partial charge in [-0.1, -0.05) is 42.0 Å². The number of hydrogen-bond acceptors (Lipinski definition) is 3. The second-order valence-corrected chi connectivity index (χ2v) is 4.80. The van der Waals surface area contributed by atoms with Crippen LogP contribution < -0.4 is 0 Å². The van der Waals surface area contributed by atoms with E-state index in [4.69, 9.17) is 4.74 Å². The predicted molar refractivity (Wildman–Crippen MR) is 76.7 cm³/mol. The summed E-state index contributed by atoms with van der Waals surface area (Å²) in [5, 5.41) is 18.7. The minimum Gasteiger partial charge on any atom is -0.396 e. The first-order valence-electron chi connectivity index (χ1n) is 6.72. The van der Waals surface area contributed by atoms with Gasteiger partial charge in [-0.2, -0.15) is 0 Å². The number of hydrogen-bond donors (Lipinski definition) is 2. The second-order valence-electron chi connectivity index (χ2n) is 4.80. The van der Waals surface area contributed by atoms with Crippen molar-refractivity contribution in [3.63, 3.8) is 0 Å². The average molecular weight is 264 g/mol. The summed E-state index contributed by atoms with van der Waals surface area (Å²) in [5.41, 5.74) is 2.18. The summed E-state index contributed by atoms with van der Waals surface area (Å²) in [5.74, 6) is -0.172. The Hall–Kier alpha value is -1.16. The second kappa shape index (κ2) is 8.86. The van der Waals surface area contributed by atoms with Crippen molar-refractivity contribution in [1.29, 1.82) is 0 Å². The van der Waals surface area contributed by atoms with E-state index in [0.29, 0.717) is 13.2 Å². The molecule has 0 fully saturated rings. The van der Waals surface area contributed by atoms with Crippen molar-refractivity contribution in [2.24, 2.45) is 5.92 Å². The SMILES string of the molecule is C/C(=C\CCOCc1ccccc1)[C@@H](CO)[C@@H](C)O. The summed E-state index contributed by atoms with van der Waals surface area (Å²) >= 11 is 0. The fourth-order valence-electron chi connectivity index (χ4n) is 1.96. The Bertz CT molecular complexity index is 371. The van der Waals surface area contributed by atoms with Crippen molar-refractivity contribution in [2.75, 3.05) is 13.2 Å². The number of benzene rings is 1. The van der Waals surface area contributed by atoms with Gasteiger partial charge in [0.05, 0.1) is 25.9 Å². The van der Waals surface area contributed by atoms with Crippen molar-refractivity contribution in [2.45, 2.75) is 33.0 Å². The van der Waals surface area contributed by atoms with E-state index in [1.54, 1.807) is 6.92 Å². The van der Waals surface area contributed by atoms with E-state index in [-0.39, 0.29) is 12.5 Å². The van der Waals surface area contributed by atoms with Crippen LogP contribution in [0.5, 0.6) is 0 Å². The Morgan fingerprint density at radius 1 is 1.32 bits per heavy atom. The Balaban J connectivity index is 2.26. The van der Waals surface area contributed by atoms with E-state index in [9.17, 15) is 10.2 Å². The van der Waals surface area contributed by atoms with Crippen molar-refractivity contribution in [3.05, 3.63) is 47.5 Å². The molecule has 106 valence electrons. The predicted octanol–water partition coefficient (Wildman–Crippen LogP) is 2.53. The largest absolute Gasteiger partial charge is 0.396 e. The normalized spacial score (nSPS) is 15.3. The van der Waals surface area contributed by atoms with E-state index in [1.165, 1.54) is 5.56 Å². The van der Waals surface area contributed by atoms with Gasteiger partial charge >= 0.3 is 0 Å². The first-order chi connectivity index (χ1) is 9.15. The highest BCUT2D eigenvalue weighted by atomic mass is 16.5. The molecule has 0 unspecified atom stereocenters. The van der Waals surface area contributed by atoms with Crippen molar-refractivity contribution in [3.8, 4) is 0 Å². The molecule has 0 aliphatic carbocycles. The molecular weight excluding hydrogens is 240 g/mol. The molecule has 3 heteroatoms. The molecule has 1 rings (SSSR count). The molecule has 0 spiro atoms. The molecule has 19 heavy (non-hydrogen) atoms. The molecule has 0 aromatic heterocycles. The average Bonchev–Trinajstić information content (AvgIpc) is 2.40. The molecule has 1 aromatic rings. The van der Waals surface area contributed by atoms with Crippen LogP contribution in [-0.2, 0) is 11.3 Å². The van der Waals surface area contributed by atoms with E-state index in [2.05, 4.69) is 0 Å². The maximum Gasteiger partial charge on any atom is 0.0717 e. The number of rotatable bonds is 8. The first kappa shape index (κ1) is 15.9. The third kappa shape index (κ3) is 6.01. The van der Waals surface area contributed by atoms with Gasteiger partial charge in [0.15, 0.2) is 0 Å². The van der Waals surface area contributed by atoms with Crippen molar-refractivity contribution >= 4 is 0 Å². The topological polar surface area (TPSA) is 49.7 Å². The third-order valence-electron chi connectivity index (χ3n) is 3.20. The van der Waals surface area contributed by atoms with Crippen LogP contribution in [0.15, 0.2) is 42.0 Å². The van der Waals surface area contributed by atoms with Gasteiger partial charge in [0.1, 0.15) is 0 Å². The maximum atomic E-state index is 9.50. The smallest absolute Gasteiger partial charge is 0.0717 e. The van der Waals surface area contributed by atoms with Crippen LogP contribution in [0, 0.1) is 5.92 Å². The molecule has 0 radical (unpaired) electrons. The summed E-state index contributed by atoms with van der Waals surface area (Å²) in [7, 11) is 0. The lowest BCUT2D eigenvalue weighted by Crippen LogP contribution is -2.21. The molecule has 0 aliphatic heterocycles. The van der Waals surface area contributed by atoms with Crippen LogP contribution in [0.3, 0.4) is 0 Å². The summed E-state index contributed by atoms with van der Waals surface area (Å²) in [4.78, 5) is 0. The van der Waals surface area contributed by atoms with Gasteiger partial charge in [0.2, 0.25) is 0 Å². The van der Waals surface area contributed by atoms with Crippen molar-refractivity contribution in [1.82, 2.24) is 0 Å². The molecule has 2 atom stereocenters. The zero-order valence-electron chi connectivity index (χ0n) is 11.7. The van der Waals surface area contributed by atoms with Gasteiger partial charge < -0.3 is 14.9 Å². The van der Waals surface area contributed by atoms with Crippen LogP contribution >= 0.6 is 0 Å². The molecule has 3 nitrogen and oxygen atoms in total. The molecule has 0 heterocycles. The summed E-state index contributed by atoms with van der Waals surface area (Å²) < 4.78 is 5.57. The highest BCUT2D eigenvalue weighted by molar-refractivity contribution is 5.13.